The van der Waals surface area contributed by atoms with E-state index in [9.17, 15) is 30.6 Å². The van der Waals surface area contributed by atoms with Crippen LogP contribution in [0.15, 0.2) is 0 Å². The normalized spacial score (nSPS) is 8.44. The largest absolute Gasteiger partial charge is 4.00 e. The van der Waals surface area contributed by atoms with Gasteiger partial charge in [0.2, 0.25) is 0 Å². The van der Waals surface area contributed by atoms with Gasteiger partial charge in [-0.15, -0.1) is 36.6 Å². The number of rotatable bonds is 3. The van der Waals surface area contributed by atoms with Gasteiger partial charge in [0.05, 0.1) is 0 Å². The average Bonchev–Trinajstić information content (AvgIpc) is 2.41. The topological polar surface area (TPSA) is 138 Å². The van der Waals surface area contributed by atoms with Crippen LogP contribution in [0.3, 0.4) is 0 Å². The van der Waals surface area contributed by atoms with Crippen LogP contribution in [-0.4, -0.2) is 36.6 Å². The molecule has 0 aliphatic rings. The maximum absolute atomic E-state index is 9.53. The summed E-state index contributed by atoms with van der Waals surface area (Å²) < 4.78 is 0. The maximum atomic E-state index is 9.53. The van der Waals surface area contributed by atoms with Crippen LogP contribution in [0.2, 0.25) is 0 Å². The standard InChI is InChI=1S/C6H13.6C3H7O.2Ti/c1-3-5-6-4-2;6*1-3(2)4;;/h1,3-6H2,2H3;6*3H,1-2H3;;/q7*-1;+3;+4. The third-order valence-corrected chi connectivity index (χ3v) is 0.854. The van der Waals surface area contributed by atoms with Gasteiger partial charge in [0.1, 0.15) is 0 Å². The molecular weight excluding hydrogens is 480 g/mol. The van der Waals surface area contributed by atoms with Crippen molar-refractivity contribution in [3.8, 4) is 0 Å². The Bertz CT molecular complexity index is 150. The summed E-state index contributed by atoms with van der Waals surface area (Å²) in [6.45, 7) is 25.3. The molecule has 0 aromatic rings. The first-order chi connectivity index (χ1) is 13.3. The Balaban J connectivity index is -0.0000000274. The molecule has 0 atom stereocenters. The number of hydrogen-bond acceptors (Lipinski definition) is 6. The zero-order valence-electron chi connectivity index (χ0n) is 23.4. The second-order valence-corrected chi connectivity index (χ2v) is 7.85. The Kier molecular flexibility index (Phi) is 107. The molecule has 8 heteroatoms. The van der Waals surface area contributed by atoms with Crippen molar-refractivity contribution < 1.29 is 74.1 Å². The van der Waals surface area contributed by atoms with Gasteiger partial charge in [-0.25, -0.2) is 0 Å². The van der Waals surface area contributed by atoms with Gasteiger partial charge in [-0.2, -0.15) is 6.42 Å². The first-order valence-corrected chi connectivity index (χ1v) is 11.0. The molecule has 0 aliphatic heterocycles. The van der Waals surface area contributed by atoms with Crippen molar-refractivity contribution in [2.45, 2.75) is 152 Å². The molecule has 0 saturated heterocycles. The van der Waals surface area contributed by atoms with E-state index in [2.05, 4.69) is 13.8 Å². The maximum Gasteiger partial charge on any atom is 4.00 e. The van der Waals surface area contributed by atoms with Crippen molar-refractivity contribution >= 4 is 0 Å². The molecular formula is C24H55O6Ti2. The molecule has 0 aliphatic carbocycles. The van der Waals surface area contributed by atoms with Gasteiger partial charge in [0, 0.05) is 0 Å². The van der Waals surface area contributed by atoms with E-state index in [0.717, 1.165) is 6.42 Å². The summed E-state index contributed by atoms with van der Waals surface area (Å²) in [6, 6.07) is 0. The quantitative estimate of drug-likeness (QED) is 0.299. The van der Waals surface area contributed by atoms with Gasteiger partial charge in [0.15, 0.2) is 0 Å². The van der Waals surface area contributed by atoms with Crippen molar-refractivity contribution in [3.63, 3.8) is 0 Å². The minimum atomic E-state index is -0.417. The minimum Gasteiger partial charge on any atom is -0.852 e. The molecule has 195 valence electrons. The fraction of sp³-hybridized carbons (Fsp3) is 0.958. The predicted octanol–water partition coefficient (Wildman–Crippen LogP) is 0.926. The molecule has 0 spiro atoms. The van der Waals surface area contributed by atoms with Crippen LogP contribution < -0.4 is 30.6 Å². The van der Waals surface area contributed by atoms with Crippen molar-refractivity contribution in [3.05, 3.63) is 6.92 Å². The predicted molar refractivity (Wildman–Crippen MR) is 120 cm³/mol. The Labute approximate surface area is 232 Å². The molecule has 1 radical (unpaired) electrons. The van der Waals surface area contributed by atoms with E-state index < -0.39 is 36.6 Å². The minimum absolute atomic E-state index is 0. The second-order valence-electron chi connectivity index (χ2n) is 7.85. The third-order valence-electron chi connectivity index (χ3n) is 0.854. The van der Waals surface area contributed by atoms with E-state index in [-0.39, 0.29) is 43.4 Å². The summed E-state index contributed by atoms with van der Waals surface area (Å²) in [5.74, 6) is 0. The van der Waals surface area contributed by atoms with Crippen molar-refractivity contribution in [1.29, 1.82) is 0 Å². The molecule has 0 rings (SSSR count). The van der Waals surface area contributed by atoms with Gasteiger partial charge in [-0.1, -0.05) is 109 Å². The summed E-state index contributed by atoms with van der Waals surface area (Å²) >= 11 is 0. The molecule has 0 saturated carbocycles. The molecule has 6 nitrogen and oxygen atoms in total. The van der Waals surface area contributed by atoms with Crippen LogP contribution in [0.1, 0.15) is 116 Å². The van der Waals surface area contributed by atoms with Crippen molar-refractivity contribution in [2.75, 3.05) is 0 Å². The van der Waals surface area contributed by atoms with E-state index >= 15 is 0 Å². The fourth-order valence-corrected chi connectivity index (χ4v) is 0.427. The summed E-state index contributed by atoms with van der Waals surface area (Å²) in [5, 5.41) is 57.2. The van der Waals surface area contributed by atoms with Crippen molar-refractivity contribution in [1.82, 2.24) is 0 Å². The van der Waals surface area contributed by atoms with Crippen LogP contribution in [0, 0.1) is 6.92 Å². The molecule has 0 aromatic carbocycles. The van der Waals surface area contributed by atoms with Crippen LogP contribution in [-0.2, 0) is 43.4 Å². The van der Waals surface area contributed by atoms with E-state index in [1.807, 2.05) is 0 Å². The van der Waals surface area contributed by atoms with Crippen LogP contribution in [0.4, 0.5) is 0 Å². The Morgan fingerprint density at radius 1 is 0.469 bits per heavy atom. The number of hydrogen-bond donors (Lipinski definition) is 0. The Hall–Kier alpha value is 1.19. The molecule has 0 unspecified atom stereocenters. The van der Waals surface area contributed by atoms with E-state index in [4.69, 9.17) is 0 Å². The Morgan fingerprint density at radius 2 is 0.594 bits per heavy atom. The van der Waals surface area contributed by atoms with Crippen LogP contribution in [0.5, 0.6) is 0 Å². The van der Waals surface area contributed by atoms with Crippen LogP contribution in [0.25, 0.3) is 0 Å². The molecule has 0 amide bonds. The molecule has 0 fully saturated rings. The summed E-state index contributed by atoms with van der Waals surface area (Å²) in [4.78, 5) is 0. The van der Waals surface area contributed by atoms with Gasteiger partial charge < -0.3 is 37.6 Å². The zero-order chi connectivity index (χ0) is 26.3. The van der Waals surface area contributed by atoms with Crippen molar-refractivity contribution in [2.24, 2.45) is 0 Å². The smallest absolute Gasteiger partial charge is 0.852 e. The summed E-state index contributed by atoms with van der Waals surface area (Å²) in [7, 11) is 0. The molecule has 0 bridgehead atoms. The first-order valence-electron chi connectivity index (χ1n) is 11.0. The SMILES string of the molecule is CC(C)[O-].CC(C)[O-].CC(C)[O-].CC(C)[O-].CC(C)[O-].CC(C)[O-].[CH2-]CCCCC.[Ti+3].[Ti+4]. The fourth-order valence-electron chi connectivity index (χ4n) is 0.427. The van der Waals surface area contributed by atoms with E-state index in [1.54, 1.807) is 83.1 Å². The third kappa shape index (κ3) is 1620. The molecule has 32 heavy (non-hydrogen) atoms. The molecule has 0 aromatic heterocycles. The number of unbranched alkanes of at least 4 members (excludes halogenated alkanes) is 3. The summed E-state index contributed by atoms with van der Waals surface area (Å²) in [6.07, 6.45) is 2.57. The van der Waals surface area contributed by atoms with Gasteiger partial charge in [-0.05, 0) is 0 Å². The average molecular weight is 535 g/mol. The van der Waals surface area contributed by atoms with E-state index in [1.165, 1.54) is 19.3 Å². The summed E-state index contributed by atoms with van der Waals surface area (Å²) in [5.41, 5.74) is 0. The molecule has 0 N–H and O–H groups in total. The van der Waals surface area contributed by atoms with Gasteiger partial charge in [0.25, 0.3) is 0 Å². The van der Waals surface area contributed by atoms with Crippen LogP contribution >= 0.6 is 0 Å². The van der Waals surface area contributed by atoms with Gasteiger partial charge >= 0.3 is 43.4 Å². The molecule has 0 heterocycles. The Morgan fingerprint density at radius 3 is 0.625 bits per heavy atom. The van der Waals surface area contributed by atoms with E-state index in [0.29, 0.717) is 0 Å². The second kappa shape index (κ2) is 58.2. The zero-order valence-corrected chi connectivity index (χ0v) is 26.6. The monoisotopic (exact) mass is 535 g/mol. The first kappa shape index (κ1) is 58.8. The van der Waals surface area contributed by atoms with Gasteiger partial charge in [-0.3, -0.25) is 0 Å².